The van der Waals surface area contributed by atoms with Crippen LogP contribution in [0.3, 0.4) is 0 Å². The minimum Gasteiger partial charge on any atom is -0.351 e. The Morgan fingerprint density at radius 3 is 1.90 bits per heavy atom. The molecule has 3 nitrogen and oxygen atoms in total. The molecule has 0 aromatic heterocycles. The molecule has 0 saturated heterocycles. The highest BCUT2D eigenvalue weighted by molar-refractivity contribution is 7.68. The van der Waals surface area contributed by atoms with Crippen LogP contribution in [0.2, 0.25) is 0 Å². The molecular weight excluding hydrogens is 387 g/mol. The van der Waals surface area contributed by atoms with Crippen LogP contribution in [0.1, 0.15) is 26.3 Å². The molecule has 3 aromatic carbocycles. The summed E-state index contributed by atoms with van der Waals surface area (Å²) in [6.07, 6.45) is 0. The molecule has 1 aliphatic rings. The van der Waals surface area contributed by atoms with Gasteiger partial charge in [0.1, 0.15) is 11.4 Å². The minimum atomic E-state index is -0.955. The van der Waals surface area contributed by atoms with Crippen molar-refractivity contribution in [1.82, 2.24) is 4.90 Å². The highest BCUT2D eigenvalue weighted by Gasteiger charge is 2.38. The van der Waals surface area contributed by atoms with Gasteiger partial charge in [0.25, 0.3) is 0 Å². The maximum absolute atomic E-state index is 6.90. The van der Waals surface area contributed by atoms with Crippen LogP contribution in [0, 0.1) is 0 Å². The largest absolute Gasteiger partial charge is 0.351 e. The molecule has 1 aliphatic heterocycles. The van der Waals surface area contributed by atoms with Crippen molar-refractivity contribution in [3.05, 3.63) is 96.6 Å². The predicted molar refractivity (Wildman–Crippen MR) is 128 cm³/mol. The van der Waals surface area contributed by atoms with Crippen LogP contribution in [-0.4, -0.2) is 28.9 Å². The monoisotopic (exact) mass is 416 g/mol. The Labute approximate surface area is 181 Å². The van der Waals surface area contributed by atoms with Crippen molar-refractivity contribution in [3.8, 4) is 0 Å². The van der Waals surface area contributed by atoms with Crippen molar-refractivity contribution >= 4 is 24.6 Å². The first kappa shape index (κ1) is 20.8. The van der Waals surface area contributed by atoms with Gasteiger partial charge < -0.3 is 9.42 Å². The van der Waals surface area contributed by atoms with E-state index in [1.54, 1.807) is 0 Å². The lowest BCUT2D eigenvalue weighted by atomic mass is 10.1. The van der Waals surface area contributed by atoms with E-state index in [0.29, 0.717) is 0 Å². The van der Waals surface area contributed by atoms with Gasteiger partial charge in [-0.1, -0.05) is 91.0 Å². The van der Waals surface area contributed by atoms with E-state index in [-0.39, 0.29) is 6.04 Å². The van der Waals surface area contributed by atoms with Crippen LogP contribution < -0.4 is 10.6 Å². The number of nitrogens with zero attached hydrogens (tertiary/aromatic N) is 2. The molecule has 0 radical (unpaired) electrons. The number of hydrogen-bond donors (Lipinski definition) is 0. The van der Waals surface area contributed by atoms with Crippen LogP contribution >= 0.6 is 8.15 Å². The Kier molecular flexibility index (Phi) is 6.32. The molecule has 0 amide bonds. The maximum atomic E-state index is 6.90. The van der Waals surface area contributed by atoms with Crippen molar-refractivity contribution in [3.63, 3.8) is 0 Å². The van der Waals surface area contributed by atoms with Gasteiger partial charge in [-0.05, 0) is 26.3 Å². The van der Waals surface area contributed by atoms with E-state index < -0.39 is 13.7 Å². The predicted octanol–water partition coefficient (Wildman–Crippen LogP) is 5.13. The molecule has 0 N–H and O–H groups in total. The number of benzene rings is 3. The maximum Gasteiger partial charge on any atom is 0.132 e. The third kappa shape index (κ3) is 4.80. The first-order valence-corrected chi connectivity index (χ1v) is 11.8. The molecule has 3 aromatic rings. The summed E-state index contributed by atoms with van der Waals surface area (Å²) in [7, 11) is -0.955. The lowest BCUT2D eigenvalue weighted by Gasteiger charge is -2.35. The molecule has 30 heavy (non-hydrogen) atoms. The fourth-order valence-electron chi connectivity index (χ4n) is 3.87. The highest BCUT2D eigenvalue weighted by Crippen LogP contribution is 2.41. The Balaban J connectivity index is 1.62. The van der Waals surface area contributed by atoms with E-state index in [1.807, 2.05) is 0 Å². The number of rotatable bonds is 7. The van der Waals surface area contributed by atoms with E-state index in [9.17, 15) is 0 Å². The van der Waals surface area contributed by atoms with E-state index >= 15 is 0 Å². The first-order chi connectivity index (χ1) is 14.5. The van der Waals surface area contributed by atoms with Crippen molar-refractivity contribution in [2.24, 2.45) is 4.99 Å². The summed E-state index contributed by atoms with van der Waals surface area (Å²) in [5.41, 5.74) is 0.792. The SMILES string of the molecule is C[C@H]1CN(Cc2ccccc2)C(C(C)(C)OP(c2ccccc2)c2ccccc2)=N1. The van der Waals surface area contributed by atoms with Crippen LogP contribution in [0.4, 0.5) is 0 Å². The van der Waals surface area contributed by atoms with Gasteiger partial charge in [-0.15, -0.1) is 0 Å². The summed E-state index contributed by atoms with van der Waals surface area (Å²) in [6, 6.07) is 32.0. The Bertz CT molecular complexity index is 934. The number of hydrogen-bond acceptors (Lipinski definition) is 3. The van der Waals surface area contributed by atoms with Gasteiger partial charge in [-0.2, -0.15) is 0 Å². The summed E-state index contributed by atoms with van der Waals surface area (Å²) in [6.45, 7) is 8.27. The molecule has 0 bridgehead atoms. The third-order valence-corrected chi connectivity index (χ3v) is 7.36. The van der Waals surface area contributed by atoms with Crippen molar-refractivity contribution in [2.45, 2.75) is 39.0 Å². The van der Waals surface area contributed by atoms with E-state index in [4.69, 9.17) is 9.52 Å². The summed E-state index contributed by atoms with van der Waals surface area (Å²) >= 11 is 0. The zero-order valence-electron chi connectivity index (χ0n) is 17.9. The van der Waals surface area contributed by atoms with E-state index in [1.165, 1.54) is 16.2 Å². The molecule has 0 unspecified atom stereocenters. The zero-order chi connectivity index (χ0) is 21.0. The van der Waals surface area contributed by atoms with Crippen molar-refractivity contribution < 1.29 is 4.52 Å². The van der Waals surface area contributed by atoms with Gasteiger partial charge in [-0.3, -0.25) is 4.99 Å². The lowest BCUT2D eigenvalue weighted by molar-refractivity contribution is 0.191. The second-order valence-corrected chi connectivity index (χ2v) is 10.0. The second-order valence-electron chi connectivity index (χ2n) is 8.23. The molecule has 4 heteroatoms. The van der Waals surface area contributed by atoms with Crippen LogP contribution in [-0.2, 0) is 11.1 Å². The number of aliphatic imine (C=N–C) groups is 1. The Morgan fingerprint density at radius 1 is 0.867 bits per heavy atom. The third-order valence-electron chi connectivity index (χ3n) is 5.18. The summed E-state index contributed by atoms with van der Waals surface area (Å²) in [4.78, 5) is 7.38. The smallest absolute Gasteiger partial charge is 0.132 e. The first-order valence-electron chi connectivity index (χ1n) is 10.5. The Morgan fingerprint density at radius 2 is 1.37 bits per heavy atom. The highest BCUT2D eigenvalue weighted by atomic mass is 31.1. The molecule has 1 heterocycles. The fourth-order valence-corrected chi connectivity index (χ4v) is 5.80. The molecule has 0 fully saturated rings. The molecule has 0 spiro atoms. The molecule has 0 saturated carbocycles. The van der Waals surface area contributed by atoms with Gasteiger partial charge in [-0.25, -0.2) is 0 Å². The van der Waals surface area contributed by atoms with Crippen molar-refractivity contribution in [2.75, 3.05) is 6.54 Å². The average molecular weight is 417 g/mol. The average Bonchev–Trinajstić information content (AvgIpc) is 3.15. The molecule has 1 atom stereocenters. The fraction of sp³-hybridized carbons (Fsp3) is 0.269. The van der Waals surface area contributed by atoms with Crippen LogP contribution in [0.25, 0.3) is 0 Å². The topological polar surface area (TPSA) is 24.8 Å². The molecular formula is C26H29N2OP. The zero-order valence-corrected chi connectivity index (χ0v) is 18.8. The summed E-state index contributed by atoms with van der Waals surface area (Å²) in [5, 5.41) is 2.43. The molecule has 4 rings (SSSR count). The normalized spacial score (nSPS) is 16.7. The van der Waals surface area contributed by atoms with Gasteiger partial charge in [0.05, 0.1) is 14.2 Å². The summed E-state index contributed by atoms with van der Waals surface area (Å²) in [5.74, 6) is 1.04. The van der Waals surface area contributed by atoms with Gasteiger partial charge in [0.2, 0.25) is 0 Å². The quantitative estimate of drug-likeness (QED) is 0.499. The standard InChI is InChI=1S/C26H29N2OP/c1-21-19-28(20-22-13-7-4-8-14-22)25(27-21)26(2,3)29-30(23-15-9-5-10-16-23)24-17-11-6-12-18-24/h4-18,21H,19-20H2,1-3H3/t21-/m0/s1. The van der Waals surface area contributed by atoms with Crippen molar-refractivity contribution in [1.29, 1.82) is 0 Å². The van der Waals surface area contributed by atoms with Gasteiger partial charge >= 0.3 is 0 Å². The lowest BCUT2D eigenvalue weighted by Crippen LogP contribution is -2.44. The minimum absolute atomic E-state index is 0.270. The van der Waals surface area contributed by atoms with Crippen LogP contribution in [0.15, 0.2) is 96.0 Å². The van der Waals surface area contributed by atoms with Crippen LogP contribution in [0.5, 0.6) is 0 Å². The summed E-state index contributed by atoms with van der Waals surface area (Å²) < 4.78 is 6.90. The number of amidine groups is 1. The van der Waals surface area contributed by atoms with E-state index in [0.717, 1.165) is 18.9 Å². The van der Waals surface area contributed by atoms with Gasteiger partial charge in [0, 0.05) is 23.7 Å². The Hall–Kier alpha value is -2.48. The second kappa shape index (κ2) is 9.12. The van der Waals surface area contributed by atoms with E-state index in [2.05, 4.69) is 117 Å². The molecule has 154 valence electrons. The van der Waals surface area contributed by atoms with Gasteiger partial charge in [0.15, 0.2) is 0 Å². The molecule has 0 aliphatic carbocycles.